The molecule has 1 aliphatic heterocycles. The van der Waals surface area contributed by atoms with Gasteiger partial charge in [-0.3, -0.25) is 9.80 Å². The number of nitrogens with two attached hydrogens (primary N) is 1. The summed E-state index contributed by atoms with van der Waals surface area (Å²) >= 11 is 0. The first-order valence-electron chi connectivity index (χ1n) is 7.61. The molecule has 1 aliphatic rings. The zero-order chi connectivity index (χ0) is 15.2. The lowest BCUT2D eigenvalue weighted by atomic mass is 9.86. The van der Waals surface area contributed by atoms with Gasteiger partial charge in [-0.2, -0.15) is 13.2 Å². The Morgan fingerprint density at radius 1 is 0.950 bits per heavy atom. The van der Waals surface area contributed by atoms with Crippen molar-refractivity contribution in [3.8, 4) is 0 Å². The quantitative estimate of drug-likeness (QED) is 0.783. The van der Waals surface area contributed by atoms with E-state index in [2.05, 4.69) is 18.7 Å². The van der Waals surface area contributed by atoms with E-state index in [9.17, 15) is 13.2 Å². The number of hydrogen-bond donors (Lipinski definition) is 1. The molecule has 3 nitrogen and oxygen atoms in total. The molecule has 2 N–H and O–H groups in total. The molecule has 20 heavy (non-hydrogen) atoms. The minimum atomic E-state index is -4.10. The van der Waals surface area contributed by atoms with Crippen molar-refractivity contribution in [3.05, 3.63) is 0 Å². The fraction of sp³-hybridized carbons (Fsp3) is 1.00. The van der Waals surface area contributed by atoms with Gasteiger partial charge in [-0.25, -0.2) is 0 Å². The van der Waals surface area contributed by atoms with E-state index < -0.39 is 12.7 Å². The lowest BCUT2D eigenvalue weighted by Gasteiger charge is -2.47. The summed E-state index contributed by atoms with van der Waals surface area (Å²) < 4.78 is 37.2. The fourth-order valence-electron chi connectivity index (χ4n) is 3.34. The Kier molecular flexibility index (Phi) is 6.75. The van der Waals surface area contributed by atoms with Crippen molar-refractivity contribution < 1.29 is 13.2 Å². The predicted octanol–water partition coefficient (Wildman–Crippen LogP) is 2.46. The average molecular weight is 295 g/mol. The highest BCUT2D eigenvalue weighted by molar-refractivity contribution is 4.93. The topological polar surface area (TPSA) is 32.5 Å². The molecule has 1 saturated heterocycles. The molecule has 0 amide bonds. The number of piperazine rings is 1. The van der Waals surface area contributed by atoms with Gasteiger partial charge in [0.1, 0.15) is 0 Å². The molecule has 0 aromatic heterocycles. The van der Waals surface area contributed by atoms with E-state index in [4.69, 9.17) is 5.73 Å². The van der Waals surface area contributed by atoms with Crippen LogP contribution in [0.3, 0.4) is 0 Å². The Labute approximate surface area is 120 Å². The summed E-state index contributed by atoms with van der Waals surface area (Å²) in [7, 11) is 0. The molecule has 0 unspecified atom stereocenters. The predicted molar refractivity (Wildman–Crippen MR) is 75.7 cm³/mol. The molecular weight excluding hydrogens is 267 g/mol. The standard InChI is InChI=1S/C14H28F3N3/c1-3-5-13(11-18,6-4-2)20-9-7-19(8-10-20)12-14(15,16)17/h3-12,18H2,1-2H3. The summed E-state index contributed by atoms with van der Waals surface area (Å²) in [6.07, 6.45) is 0.0626. The number of nitrogens with zero attached hydrogens (tertiary/aromatic N) is 2. The van der Waals surface area contributed by atoms with Crippen molar-refractivity contribution in [2.45, 2.75) is 51.2 Å². The van der Waals surface area contributed by atoms with Gasteiger partial charge in [0.2, 0.25) is 0 Å². The molecule has 1 heterocycles. The first-order valence-corrected chi connectivity index (χ1v) is 7.61. The van der Waals surface area contributed by atoms with Gasteiger partial charge in [0.15, 0.2) is 0 Å². The van der Waals surface area contributed by atoms with E-state index >= 15 is 0 Å². The highest BCUT2D eigenvalue weighted by Crippen LogP contribution is 2.28. The van der Waals surface area contributed by atoms with Crippen molar-refractivity contribution >= 4 is 0 Å². The highest BCUT2D eigenvalue weighted by Gasteiger charge is 2.38. The van der Waals surface area contributed by atoms with E-state index in [-0.39, 0.29) is 5.54 Å². The van der Waals surface area contributed by atoms with Gasteiger partial charge in [0, 0.05) is 38.3 Å². The van der Waals surface area contributed by atoms with Crippen LogP contribution in [-0.4, -0.2) is 60.8 Å². The maximum Gasteiger partial charge on any atom is 0.401 e. The van der Waals surface area contributed by atoms with Gasteiger partial charge in [0.25, 0.3) is 0 Å². The summed E-state index contributed by atoms with van der Waals surface area (Å²) in [6.45, 7) is 6.41. The van der Waals surface area contributed by atoms with Crippen LogP contribution in [0.25, 0.3) is 0 Å². The highest BCUT2D eigenvalue weighted by atomic mass is 19.4. The molecule has 0 atom stereocenters. The lowest BCUT2D eigenvalue weighted by molar-refractivity contribution is -0.151. The maximum absolute atomic E-state index is 12.4. The number of hydrogen-bond acceptors (Lipinski definition) is 3. The Morgan fingerprint density at radius 2 is 1.45 bits per heavy atom. The Hall–Kier alpha value is -0.330. The number of rotatable bonds is 7. The molecule has 0 bridgehead atoms. The number of halogens is 3. The van der Waals surface area contributed by atoms with Gasteiger partial charge in [0.05, 0.1) is 6.54 Å². The maximum atomic E-state index is 12.4. The molecule has 1 rings (SSSR count). The average Bonchev–Trinajstić information content (AvgIpc) is 2.37. The SMILES string of the molecule is CCCC(CN)(CCC)N1CCN(CC(F)(F)F)CC1. The molecule has 1 fully saturated rings. The minimum Gasteiger partial charge on any atom is -0.329 e. The molecule has 0 radical (unpaired) electrons. The van der Waals surface area contributed by atoms with Gasteiger partial charge in [-0.05, 0) is 12.8 Å². The van der Waals surface area contributed by atoms with Crippen molar-refractivity contribution in [3.63, 3.8) is 0 Å². The molecule has 0 aliphatic carbocycles. The monoisotopic (exact) mass is 295 g/mol. The van der Waals surface area contributed by atoms with Crippen LogP contribution < -0.4 is 5.73 Å². The largest absolute Gasteiger partial charge is 0.401 e. The molecule has 0 spiro atoms. The summed E-state index contributed by atoms with van der Waals surface area (Å²) in [6, 6.07) is 0. The lowest BCUT2D eigenvalue weighted by Crippen LogP contribution is -2.60. The normalized spacial score (nSPS) is 19.5. The van der Waals surface area contributed by atoms with Crippen LogP contribution in [0.1, 0.15) is 39.5 Å². The summed E-state index contributed by atoms with van der Waals surface area (Å²) in [5.41, 5.74) is 5.99. The van der Waals surface area contributed by atoms with Crippen molar-refractivity contribution in [1.29, 1.82) is 0 Å². The second-order valence-electron chi connectivity index (χ2n) is 5.81. The van der Waals surface area contributed by atoms with Crippen LogP contribution >= 0.6 is 0 Å². The molecular formula is C14H28F3N3. The third kappa shape index (κ3) is 4.90. The van der Waals surface area contributed by atoms with Crippen LogP contribution in [-0.2, 0) is 0 Å². The Morgan fingerprint density at radius 3 is 1.80 bits per heavy atom. The third-order valence-corrected chi connectivity index (χ3v) is 4.26. The van der Waals surface area contributed by atoms with Crippen molar-refractivity contribution in [2.75, 3.05) is 39.3 Å². The second kappa shape index (κ2) is 7.61. The summed E-state index contributed by atoms with van der Waals surface area (Å²) in [4.78, 5) is 3.82. The molecule has 0 saturated carbocycles. The first-order chi connectivity index (χ1) is 9.37. The third-order valence-electron chi connectivity index (χ3n) is 4.26. The van der Waals surface area contributed by atoms with E-state index in [1.807, 2.05) is 0 Å². The van der Waals surface area contributed by atoms with Crippen molar-refractivity contribution in [1.82, 2.24) is 9.80 Å². The van der Waals surface area contributed by atoms with Gasteiger partial charge in [-0.1, -0.05) is 26.7 Å². The van der Waals surface area contributed by atoms with E-state index in [0.717, 1.165) is 25.7 Å². The first kappa shape index (κ1) is 17.7. The fourth-order valence-corrected chi connectivity index (χ4v) is 3.34. The van der Waals surface area contributed by atoms with Gasteiger partial charge < -0.3 is 5.73 Å². The van der Waals surface area contributed by atoms with E-state index in [1.165, 1.54) is 4.90 Å². The molecule has 120 valence electrons. The van der Waals surface area contributed by atoms with Crippen LogP contribution in [0, 0.1) is 0 Å². The summed E-state index contributed by atoms with van der Waals surface area (Å²) in [5, 5.41) is 0. The zero-order valence-corrected chi connectivity index (χ0v) is 12.7. The van der Waals surface area contributed by atoms with Crippen LogP contribution in [0.4, 0.5) is 13.2 Å². The van der Waals surface area contributed by atoms with Crippen LogP contribution in [0.15, 0.2) is 0 Å². The smallest absolute Gasteiger partial charge is 0.329 e. The zero-order valence-electron chi connectivity index (χ0n) is 12.7. The Bertz CT molecular complexity index is 267. The molecule has 0 aromatic rings. The number of alkyl halides is 3. The molecule has 0 aromatic carbocycles. The Balaban J connectivity index is 2.60. The second-order valence-corrected chi connectivity index (χ2v) is 5.81. The van der Waals surface area contributed by atoms with Gasteiger partial charge >= 0.3 is 6.18 Å². The van der Waals surface area contributed by atoms with E-state index in [0.29, 0.717) is 32.7 Å². The van der Waals surface area contributed by atoms with Crippen LogP contribution in [0.2, 0.25) is 0 Å². The minimum absolute atomic E-state index is 0.0200. The summed E-state index contributed by atoms with van der Waals surface area (Å²) in [5.74, 6) is 0. The molecule has 6 heteroatoms. The van der Waals surface area contributed by atoms with Crippen molar-refractivity contribution in [2.24, 2.45) is 5.73 Å². The van der Waals surface area contributed by atoms with Crippen LogP contribution in [0.5, 0.6) is 0 Å². The van der Waals surface area contributed by atoms with E-state index in [1.54, 1.807) is 0 Å². The van der Waals surface area contributed by atoms with Gasteiger partial charge in [-0.15, -0.1) is 0 Å².